The molecule has 192 valence electrons. The van der Waals surface area contributed by atoms with Crippen LogP contribution in [0.15, 0.2) is 94.7 Å². The Hall–Kier alpha value is -4.70. The van der Waals surface area contributed by atoms with Crippen molar-refractivity contribution in [1.29, 1.82) is 0 Å². The van der Waals surface area contributed by atoms with Crippen LogP contribution in [0, 0.1) is 6.92 Å². The van der Waals surface area contributed by atoms with Crippen LogP contribution in [0.1, 0.15) is 5.56 Å². The smallest absolute Gasteiger partial charge is 0.263 e. The van der Waals surface area contributed by atoms with E-state index in [-0.39, 0.29) is 16.3 Å². The van der Waals surface area contributed by atoms with Crippen molar-refractivity contribution in [1.82, 2.24) is 14.8 Å². The predicted octanol–water partition coefficient (Wildman–Crippen LogP) is 4.57. The van der Waals surface area contributed by atoms with Gasteiger partial charge >= 0.3 is 0 Å². The molecule has 2 aromatic heterocycles. The van der Waals surface area contributed by atoms with Gasteiger partial charge in [-0.25, -0.2) is 8.42 Å². The number of anilines is 1. The van der Waals surface area contributed by atoms with E-state index in [0.717, 1.165) is 22.4 Å². The first-order valence-electron chi connectivity index (χ1n) is 11.6. The van der Waals surface area contributed by atoms with Crippen LogP contribution in [-0.4, -0.2) is 37.4 Å². The third-order valence-corrected chi connectivity index (χ3v) is 7.50. The fourth-order valence-electron chi connectivity index (χ4n) is 4.23. The molecular weight excluding hydrogens is 504 g/mol. The van der Waals surface area contributed by atoms with Gasteiger partial charge in [-0.15, -0.1) is 5.10 Å². The second kappa shape index (κ2) is 9.98. The molecule has 3 aromatic carbocycles. The summed E-state index contributed by atoms with van der Waals surface area (Å²) in [6.07, 6.45) is 1.45. The molecule has 0 saturated heterocycles. The average Bonchev–Trinajstić information content (AvgIpc) is 2.93. The standard InChI is InChI=1S/C28H24N4O5S/c1-18-6-7-19(16-25(18)36-2)20-8-11-24(26(17-20)37-3)32-23-12-10-22(15-21(23)9-13-28(32)33)38(34,35)31-27-5-4-14-29-30-27/h4-17H,1-3H3,(H,30,31). The number of sulfonamides is 1. The number of fused-ring (bicyclic) bond motifs is 1. The number of ether oxygens (including phenoxy) is 2. The molecule has 9 nitrogen and oxygen atoms in total. The molecule has 0 radical (unpaired) electrons. The molecule has 0 aliphatic carbocycles. The van der Waals surface area contributed by atoms with Crippen molar-refractivity contribution in [2.45, 2.75) is 11.8 Å². The first kappa shape index (κ1) is 25.0. The predicted molar refractivity (Wildman–Crippen MR) is 146 cm³/mol. The zero-order valence-electron chi connectivity index (χ0n) is 20.9. The van der Waals surface area contributed by atoms with E-state index in [1.165, 1.54) is 42.1 Å². The SMILES string of the molecule is COc1cc(-c2ccc(-n3c(=O)ccc4cc(S(=O)(=O)Nc5cccnn5)ccc43)c(OC)c2)ccc1C. The summed E-state index contributed by atoms with van der Waals surface area (Å²) in [5.41, 5.74) is 3.62. The number of aryl methyl sites for hydroxylation is 1. The Balaban J connectivity index is 1.59. The van der Waals surface area contributed by atoms with Crippen LogP contribution < -0.4 is 19.8 Å². The van der Waals surface area contributed by atoms with Gasteiger partial charge in [-0.05, 0) is 78.2 Å². The van der Waals surface area contributed by atoms with Crippen molar-refractivity contribution in [3.8, 4) is 28.3 Å². The van der Waals surface area contributed by atoms with E-state index in [4.69, 9.17) is 9.47 Å². The van der Waals surface area contributed by atoms with Gasteiger partial charge in [0.05, 0.1) is 30.3 Å². The van der Waals surface area contributed by atoms with Crippen molar-refractivity contribution in [2.75, 3.05) is 18.9 Å². The molecule has 0 saturated carbocycles. The van der Waals surface area contributed by atoms with E-state index < -0.39 is 10.0 Å². The highest BCUT2D eigenvalue weighted by Gasteiger charge is 2.18. The van der Waals surface area contributed by atoms with Crippen molar-refractivity contribution >= 4 is 26.7 Å². The molecule has 0 atom stereocenters. The number of hydrogen-bond donors (Lipinski definition) is 1. The molecule has 38 heavy (non-hydrogen) atoms. The first-order valence-corrected chi connectivity index (χ1v) is 13.1. The van der Waals surface area contributed by atoms with Crippen LogP contribution in [0.3, 0.4) is 0 Å². The summed E-state index contributed by atoms with van der Waals surface area (Å²) in [5.74, 6) is 1.36. The highest BCUT2D eigenvalue weighted by Crippen LogP contribution is 2.33. The lowest BCUT2D eigenvalue weighted by molar-refractivity contribution is 0.411. The van der Waals surface area contributed by atoms with Crippen molar-refractivity contribution in [3.63, 3.8) is 0 Å². The molecule has 0 amide bonds. The van der Waals surface area contributed by atoms with Crippen LogP contribution in [-0.2, 0) is 10.0 Å². The topological polar surface area (TPSA) is 112 Å². The fraction of sp³-hybridized carbons (Fsp3) is 0.107. The molecule has 10 heteroatoms. The summed E-state index contributed by atoms with van der Waals surface area (Å²) in [5, 5.41) is 8.02. The monoisotopic (exact) mass is 528 g/mol. The minimum Gasteiger partial charge on any atom is -0.496 e. The zero-order valence-corrected chi connectivity index (χ0v) is 21.7. The minimum atomic E-state index is -3.93. The van der Waals surface area contributed by atoms with Crippen LogP contribution in [0.2, 0.25) is 0 Å². The quantitative estimate of drug-likeness (QED) is 0.329. The summed E-state index contributed by atoms with van der Waals surface area (Å²) >= 11 is 0. The number of nitrogens with zero attached hydrogens (tertiary/aromatic N) is 3. The van der Waals surface area contributed by atoms with Gasteiger partial charge in [0.1, 0.15) is 11.5 Å². The summed E-state index contributed by atoms with van der Waals surface area (Å²) < 4.78 is 40.9. The molecule has 5 aromatic rings. The maximum Gasteiger partial charge on any atom is 0.263 e. The molecule has 0 bridgehead atoms. The van der Waals surface area contributed by atoms with E-state index >= 15 is 0 Å². The summed E-state index contributed by atoms with van der Waals surface area (Å²) in [7, 11) is -0.756. The van der Waals surface area contributed by atoms with Gasteiger partial charge in [0.2, 0.25) is 0 Å². The second-order valence-corrected chi connectivity index (χ2v) is 10.2. The van der Waals surface area contributed by atoms with E-state index in [2.05, 4.69) is 14.9 Å². The Kier molecular flexibility index (Phi) is 6.56. The van der Waals surface area contributed by atoms with Crippen LogP contribution in [0.25, 0.3) is 27.7 Å². The highest BCUT2D eigenvalue weighted by atomic mass is 32.2. The first-order chi connectivity index (χ1) is 18.3. The number of rotatable bonds is 7. The van der Waals surface area contributed by atoms with E-state index in [9.17, 15) is 13.2 Å². The number of pyridine rings is 1. The normalized spacial score (nSPS) is 11.3. The third kappa shape index (κ3) is 4.69. The largest absolute Gasteiger partial charge is 0.496 e. The highest BCUT2D eigenvalue weighted by molar-refractivity contribution is 7.92. The lowest BCUT2D eigenvalue weighted by Gasteiger charge is -2.16. The molecule has 0 aliphatic heterocycles. The number of nitrogens with one attached hydrogen (secondary N) is 1. The zero-order chi connectivity index (χ0) is 26.9. The van der Waals surface area contributed by atoms with E-state index in [0.29, 0.717) is 22.3 Å². The number of aromatic nitrogens is 3. The van der Waals surface area contributed by atoms with Crippen molar-refractivity contribution < 1.29 is 17.9 Å². The number of benzene rings is 3. The third-order valence-electron chi connectivity index (χ3n) is 6.15. The molecule has 0 aliphatic rings. The molecule has 2 heterocycles. The molecule has 0 spiro atoms. The maximum absolute atomic E-state index is 13.0. The Bertz CT molecular complexity index is 1820. The Labute approximate surface area is 219 Å². The molecule has 1 N–H and O–H groups in total. The van der Waals surface area contributed by atoms with E-state index in [1.54, 1.807) is 25.3 Å². The van der Waals surface area contributed by atoms with Gasteiger partial charge in [-0.2, -0.15) is 5.10 Å². The van der Waals surface area contributed by atoms with Gasteiger partial charge in [0.25, 0.3) is 15.6 Å². The molecule has 0 fully saturated rings. The Morgan fingerprint density at radius 1 is 0.842 bits per heavy atom. The minimum absolute atomic E-state index is 0.0245. The molecule has 0 unspecified atom stereocenters. The van der Waals surface area contributed by atoms with Crippen LogP contribution in [0.4, 0.5) is 5.82 Å². The summed E-state index contributed by atoms with van der Waals surface area (Å²) in [6, 6.07) is 22.1. The van der Waals surface area contributed by atoms with Gasteiger partial charge in [-0.3, -0.25) is 14.1 Å². The van der Waals surface area contributed by atoms with Gasteiger partial charge in [0, 0.05) is 17.6 Å². The van der Waals surface area contributed by atoms with Gasteiger partial charge in [0.15, 0.2) is 5.82 Å². The molecular formula is C28H24N4O5S. The van der Waals surface area contributed by atoms with E-state index in [1.807, 2.05) is 43.3 Å². The number of hydrogen-bond acceptors (Lipinski definition) is 7. The van der Waals surface area contributed by atoms with Gasteiger partial charge in [-0.1, -0.05) is 18.2 Å². The average molecular weight is 529 g/mol. The maximum atomic E-state index is 13.0. The second-order valence-electron chi connectivity index (χ2n) is 8.51. The lowest BCUT2D eigenvalue weighted by atomic mass is 10.0. The lowest BCUT2D eigenvalue weighted by Crippen LogP contribution is -2.19. The van der Waals surface area contributed by atoms with Crippen molar-refractivity contribution in [3.05, 3.63) is 101 Å². The van der Waals surface area contributed by atoms with Crippen LogP contribution in [0.5, 0.6) is 11.5 Å². The number of methoxy groups -OCH3 is 2. The summed E-state index contributed by atoms with van der Waals surface area (Å²) in [6.45, 7) is 1.97. The Morgan fingerprint density at radius 3 is 2.29 bits per heavy atom. The van der Waals surface area contributed by atoms with Crippen molar-refractivity contribution in [2.24, 2.45) is 0 Å². The molecule has 5 rings (SSSR count). The fourth-order valence-corrected chi connectivity index (χ4v) is 5.27. The Morgan fingerprint density at radius 2 is 1.58 bits per heavy atom. The summed E-state index contributed by atoms with van der Waals surface area (Å²) in [4.78, 5) is 13.1. The van der Waals surface area contributed by atoms with Gasteiger partial charge < -0.3 is 9.47 Å². The van der Waals surface area contributed by atoms with Crippen LogP contribution >= 0.6 is 0 Å².